The molecule has 0 aliphatic carbocycles. The smallest absolute Gasteiger partial charge is 0.410 e. The third-order valence-corrected chi connectivity index (χ3v) is 5.49. The second-order valence-corrected chi connectivity index (χ2v) is 7.66. The van der Waals surface area contributed by atoms with Crippen molar-refractivity contribution in [2.45, 2.75) is 12.5 Å². The Bertz CT molecular complexity index is 987. The van der Waals surface area contributed by atoms with E-state index in [1.807, 2.05) is 32.3 Å². The summed E-state index contributed by atoms with van der Waals surface area (Å²) in [5.74, 6) is 0.536. The molecule has 1 heterocycles. The lowest BCUT2D eigenvalue weighted by atomic mass is 10.0. The summed E-state index contributed by atoms with van der Waals surface area (Å²) in [5, 5.41) is 2.96. The molecule has 3 aromatic rings. The number of nitrogens with zero attached hydrogens (tertiary/aromatic N) is 2. The van der Waals surface area contributed by atoms with E-state index in [0.29, 0.717) is 12.3 Å². The van der Waals surface area contributed by atoms with Crippen LogP contribution in [0.2, 0.25) is 0 Å². The van der Waals surface area contributed by atoms with E-state index in [4.69, 9.17) is 4.74 Å². The van der Waals surface area contributed by atoms with Crippen LogP contribution in [0.4, 0.5) is 16.2 Å². The Morgan fingerprint density at radius 1 is 1.00 bits per heavy atom. The van der Waals surface area contributed by atoms with Crippen molar-refractivity contribution in [2.24, 2.45) is 0 Å². The fourth-order valence-electron chi connectivity index (χ4n) is 3.90. The number of benzene rings is 3. The predicted octanol–water partition coefficient (Wildman–Crippen LogP) is 4.65. The van der Waals surface area contributed by atoms with Gasteiger partial charge < -0.3 is 19.9 Å². The Morgan fingerprint density at radius 2 is 1.70 bits per heavy atom. The lowest BCUT2D eigenvalue weighted by Crippen LogP contribution is -2.38. The van der Waals surface area contributed by atoms with Crippen LogP contribution in [0.1, 0.15) is 17.2 Å². The number of anilines is 2. The molecule has 30 heavy (non-hydrogen) atoms. The van der Waals surface area contributed by atoms with Crippen molar-refractivity contribution in [1.82, 2.24) is 5.32 Å². The molecule has 1 N–H and O–H groups in total. The standard InChI is InChI=1S/C25H27N3O2/c1-27(2)21-14-12-20(13-15-21)24(28-17-16-19-8-6-7-11-23(19)28)18-26-25(29)30-22-9-4-3-5-10-22/h3-15,24H,16-18H2,1-2H3,(H,26,29)/t24-/m1/s1. The molecule has 154 valence electrons. The number of carbonyl (C=O) groups is 1. The number of hydrogen-bond donors (Lipinski definition) is 1. The lowest BCUT2D eigenvalue weighted by molar-refractivity contribution is 0.199. The molecule has 0 radical (unpaired) electrons. The maximum atomic E-state index is 12.4. The van der Waals surface area contributed by atoms with Crippen molar-refractivity contribution >= 4 is 17.5 Å². The quantitative estimate of drug-likeness (QED) is 0.653. The SMILES string of the molecule is CN(C)c1ccc([C@@H](CNC(=O)Oc2ccccc2)N2CCc3ccccc32)cc1. The largest absolute Gasteiger partial charge is 0.412 e. The second-order valence-electron chi connectivity index (χ2n) is 7.66. The van der Waals surface area contributed by atoms with Gasteiger partial charge in [0.2, 0.25) is 0 Å². The Balaban J connectivity index is 1.54. The van der Waals surface area contributed by atoms with Gasteiger partial charge in [-0.2, -0.15) is 0 Å². The van der Waals surface area contributed by atoms with Crippen molar-refractivity contribution in [3.8, 4) is 5.75 Å². The third-order valence-electron chi connectivity index (χ3n) is 5.49. The Hall–Kier alpha value is -3.47. The molecule has 5 nitrogen and oxygen atoms in total. The second kappa shape index (κ2) is 8.91. The number of fused-ring (bicyclic) bond motifs is 1. The van der Waals surface area contributed by atoms with Crippen molar-refractivity contribution < 1.29 is 9.53 Å². The number of amides is 1. The minimum atomic E-state index is -0.441. The fourth-order valence-corrected chi connectivity index (χ4v) is 3.90. The van der Waals surface area contributed by atoms with Gasteiger partial charge in [-0.25, -0.2) is 4.79 Å². The molecule has 0 saturated heterocycles. The van der Waals surface area contributed by atoms with Crippen molar-refractivity contribution in [2.75, 3.05) is 37.0 Å². The highest BCUT2D eigenvalue weighted by atomic mass is 16.6. The van der Waals surface area contributed by atoms with E-state index in [-0.39, 0.29) is 6.04 Å². The summed E-state index contributed by atoms with van der Waals surface area (Å²) in [7, 11) is 4.06. The summed E-state index contributed by atoms with van der Waals surface area (Å²) in [6.45, 7) is 1.39. The van der Waals surface area contributed by atoms with Gasteiger partial charge in [0.15, 0.2) is 0 Å². The summed E-state index contributed by atoms with van der Waals surface area (Å²) in [5.41, 5.74) is 4.89. The first-order valence-electron chi connectivity index (χ1n) is 10.2. The van der Waals surface area contributed by atoms with E-state index in [1.165, 1.54) is 11.3 Å². The first-order valence-corrected chi connectivity index (χ1v) is 10.2. The molecule has 0 fully saturated rings. The van der Waals surface area contributed by atoms with Gasteiger partial charge in [-0.05, 0) is 47.9 Å². The number of ether oxygens (including phenoxy) is 1. The van der Waals surface area contributed by atoms with Gasteiger partial charge in [0, 0.05) is 38.6 Å². The van der Waals surface area contributed by atoms with Gasteiger partial charge in [0.1, 0.15) is 5.75 Å². The molecule has 0 unspecified atom stereocenters. The van der Waals surface area contributed by atoms with Crippen LogP contribution in [-0.4, -0.2) is 33.3 Å². The monoisotopic (exact) mass is 401 g/mol. The third kappa shape index (κ3) is 4.40. The molecule has 3 aromatic carbocycles. The van der Waals surface area contributed by atoms with E-state index in [0.717, 1.165) is 24.2 Å². The Morgan fingerprint density at radius 3 is 2.43 bits per heavy atom. The van der Waals surface area contributed by atoms with Crippen molar-refractivity contribution in [3.63, 3.8) is 0 Å². The van der Waals surface area contributed by atoms with E-state index in [2.05, 4.69) is 63.6 Å². The van der Waals surface area contributed by atoms with Crippen LogP contribution in [0.25, 0.3) is 0 Å². The molecule has 0 saturated carbocycles. The minimum absolute atomic E-state index is 0.0215. The van der Waals surface area contributed by atoms with Crippen molar-refractivity contribution in [3.05, 3.63) is 90.0 Å². The zero-order valence-corrected chi connectivity index (χ0v) is 17.4. The van der Waals surface area contributed by atoms with E-state index < -0.39 is 6.09 Å². The highest BCUT2D eigenvalue weighted by molar-refractivity contribution is 5.70. The fraction of sp³-hybridized carbons (Fsp3) is 0.240. The molecule has 4 rings (SSSR count). The number of nitrogens with one attached hydrogen (secondary N) is 1. The molecule has 0 aromatic heterocycles. The summed E-state index contributed by atoms with van der Waals surface area (Å²) >= 11 is 0. The van der Waals surface area contributed by atoms with E-state index in [1.54, 1.807) is 12.1 Å². The molecule has 0 spiro atoms. The summed E-state index contributed by atoms with van der Waals surface area (Å²) in [4.78, 5) is 16.9. The van der Waals surface area contributed by atoms with Gasteiger partial charge in [-0.1, -0.05) is 48.5 Å². The van der Waals surface area contributed by atoms with Crippen LogP contribution in [0.3, 0.4) is 0 Å². The average molecular weight is 402 g/mol. The van der Waals surface area contributed by atoms with Gasteiger partial charge in [-0.3, -0.25) is 0 Å². The topological polar surface area (TPSA) is 44.8 Å². The molecule has 1 aliphatic heterocycles. The van der Waals surface area contributed by atoms with Gasteiger partial charge in [-0.15, -0.1) is 0 Å². The molecule has 5 heteroatoms. The van der Waals surface area contributed by atoms with Crippen LogP contribution in [0, 0.1) is 0 Å². The van der Waals surface area contributed by atoms with Crippen LogP contribution < -0.4 is 19.9 Å². The Labute approximate surface area is 177 Å². The Kier molecular flexibility index (Phi) is 5.89. The van der Waals surface area contributed by atoms with Crippen molar-refractivity contribution in [1.29, 1.82) is 0 Å². The molecule has 1 aliphatic rings. The first kappa shape index (κ1) is 19.8. The van der Waals surface area contributed by atoms with E-state index in [9.17, 15) is 4.79 Å². The number of rotatable bonds is 6. The first-order chi connectivity index (χ1) is 14.6. The van der Waals surface area contributed by atoms with Crippen LogP contribution in [0.5, 0.6) is 5.75 Å². The summed E-state index contributed by atoms with van der Waals surface area (Å²) in [6.07, 6.45) is 0.570. The van der Waals surface area contributed by atoms with Gasteiger partial charge >= 0.3 is 6.09 Å². The highest BCUT2D eigenvalue weighted by Gasteiger charge is 2.27. The maximum Gasteiger partial charge on any atom is 0.412 e. The number of carbonyl (C=O) groups excluding carboxylic acids is 1. The number of para-hydroxylation sites is 2. The van der Waals surface area contributed by atoms with Crippen LogP contribution in [-0.2, 0) is 6.42 Å². The molecular weight excluding hydrogens is 374 g/mol. The minimum Gasteiger partial charge on any atom is -0.410 e. The van der Waals surface area contributed by atoms with E-state index >= 15 is 0 Å². The lowest BCUT2D eigenvalue weighted by Gasteiger charge is -2.31. The average Bonchev–Trinajstić information content (AvgIpc) is 3.19. The van der Waals surface area contributed by atoms with Crippen LogP contribution in [0.15, 0.2) is 78.9 Å². The number of hydrogen-bond acceptors (Lipinski definition) is 4. The van der Waals surface area contributed by atoms with Crippen LogP contribution >= 0.6 is 0 Å². The highest BCUT2D eigenvalue weighted by Crippen LogP contribution is 2.35. The molecular formula is C25H27N3O2. The molecule has 0 bridgehead atoms. The summed E-state index contributed by atoms with van der Waals surface area (Å²) < 4.78 is 5.41. The zero-order chi connectivity index (χ0) is 20.9. The molecule has 1 atom stereocenters. The summed E-state index contributed by atoms with van der Waals surface area (Å²) in [6, 6.07) is 26.2. The normalized spacial score (nSPS) is 13.5. The zero-order valence-electron chi connectivity index (χ0n) is 17.4. The van der Waals surface area contributed by atoms with Gasteiger partial charge in [0.05, 0.1) is 6.04 Å². The van der Waals surface area contributed by atoms with Gasteiger partial charge in [0.25, 0.3) is 0 Å². The maximum absolute atomic E-state index is 12.4. The predicted molar refractivity (Wildman–Crippen MR) is 121 cm³/mol. The molecule has 1 amide bonds.